The van der Waals surface area contributed by atoms with Crippen LogP contribution in [0.15, 0.2) is 42.5 Å². The molecule has 4 nitrogen and oxygen atoms in total. The number of rotatable bonds is 4. The minimum Gasteiger partial charge on any atom is -0.478 e. The van der Waals surface area contributed by atoms with E-state index in [0.717, 1.165) is 21.8 Å². The normalized spacial score (nSPS) is 12.1. The highest BCUT2D eigenvalue weighted by Crippen LogP contribution is 2.29. The van der Waals surface area contributed by atoms with Gasteiger partial charge in [0.25, 0.3) is 0 Å². The lowest BCUT2D eigenvalue weighted by molar-refractivity contribution is -0.00611. The van der Waals surface area contributed by atoms with E-state index < -0.39 is 5.97 Å². The second-order valence-corrected chi connectivity index (χ2v) is 6.67. The van der Waals surface area contributed by atoms with E-state index in [1.807, 2.05) is 39.0 Å². The Balaban J connectivity index is 2.11. The molecule has 0 unspecified atom stereocenters. The molecule has 0 aliphatic carbocycles. The van der Waals surface area contributed by atoms with E-state index >= 15 is 0 Å². The molecule has 0 saturated carbocycles. The van der Waals surface area contributed by atoms with E-state index in [1.54, 1.807) is 12.1 Å². The zero-order chi connectivity index (χ0) is 16.6. The summed E-state index contributed by atoms with van der Waals surface area (Å²) >= 11 is 0. The molecule has 1 heterocycles. The number of ether oxygens (including phenoxy) is 1. The summed E-state index contributed by atoms with van der Waals surface area (Å²) in [7, 11) is 0. The van der Waals surface area contributed by atoms with Crippen molar-refractivity contribution in [2.45, 2.75) is 32.9 Å². The number of aromatic carboxylic acids is 1. The topological polar surface area (TPSA) is 51.5 Å². The van der Waals surface area contributed by atoms with Gasteiger partial charge in [-0.2, -0.15) is 0 Å². The van der Waals surface area contributed by atoms with Gasteiger partial charge in [-0.05, 0) is 39.0 Å². The summed E-state index contributed by atoms with van der Waals surface area (Å²) in [5.41, 5.74) is 2.15. The molecule has 3 aromatic rings. The molecule has 0 saturated heterocycles. The highest BCUT2D eigenvalue weighted by atomic mass is 16.5. The first-order valence-corrected chi connectivity index (χ1v) is 7.75. The van der Waals surface area contributed by atoms with Gasteiger partial charge in [0.1, 0.15) is 0 Å². The summed E-state index contributed by atoms with van der Waals surface area (Å²) in [6.07, 6.45) is 0. The summed E-state index contributed by atoms with van der Waals surface area (Å²) in [6, 6.07) is 13.4. The molecular weight excluding hydrogens is 290 g/mol. The van der Waals surface area contributed by atoms with Crippen LogP contribution in [0.2, 0.25) is 0 Å². The Bertz CT molecular complexity index is 871. The monoisotopic (exact) mass is 311 g/mol. The van der Waals surface area contributed by atoms with Crippen molar-refractivity contribution in [3.05, 3.63) is 48.0 Å². The van der Waals surface area contributed by atoms with Gasteiger partial charge in [-0.15, -0.1) is 0 Å². The highest BCUT2D eigenvalue weighted by molar-refractivity contribution is 6.09. The molecule has 1 N–H and O–H groups in total. The third-order valence-corrected chi connectivity index (χ3v) is 3.87. The Labute approximate surface area is 135 Å². The van der Waals surface area contributed by atoms with E-state index in [2.05, 4.69) is 16.7 Å². The maximum Gasteiger partial charge on any atom is 0.335 e. The molecule has 1 aromatic heterocycles. The van der Waals surface area contributed by atoms with Gasteiger partial charge in [0.2, 0.25) is 0 Å². The molecule has 2 aromatic carbocycles. The fourth-order valence-corrected chi connectivity index (χ4v) is 2.87. The van der Waals surface area contributed by atoms with E-state index in [0.29, 0.717) is 18.7 Å². The summed E-state index contributed by atoms with van der Waals surface area (Å²) in [5, 5.41) is 11.5. The predicted molar refractivity (Wildman–Crippen MR) is 92.1 cm³/mol. The fraction of sp³-hybridized carbons (Fsp3) is 0.316. The van der Waals surface area contributed by atoms with Crippen LogP contribution in [0.4, 0.5) is 0 Å². The third kappa shape index (κ3) is 3.08. The number of carboxylic acids is 1. The minimum absolute atomic E-state index is 0.189. The number of aromatic nitrogens is 1. The number of para-hydroxylation sites is 1. The molecule has 23 heavy (non-hydrogen) atoms. The maximum atomic E-state index is 11.3. The molecule has 0 radical (unpaired) electrons. The Morgan fingerprint density at radius 1 is 1.09 bits per heavy atom. The molecule has 120 valence electrons. The molecule has 4 heteroatoms. The van der Waals surface area contributed by atoms with Crippen LogP contribution in [-0.4, -0.2) is 27.9 Å². The fourth-order valence-electron chi connectivity index (χ4n) is 2.87. The second kappa shape index (κ2) is 5.70. The van der Waals surface area contributed by atoms with E-state index in [4.69, 9.17) is 4.74 Å². The van der Waals surface area contributed by atoms with E-state index in [1.165, 1.54) is 0 Å². The van der Waals surface area contributed by atoms with Crippen LogP contribution in [-0.2, 0) is 11.3 Å². The maximum absolute atomic E-state index is 11.3. The van der Waals surface area contributed by atoms with Crippen molar-refractivity contribution in [3.8, 4) is 0 Å². The zero-order valence-electron chi connectivity index (χ0n) is 13.7. The molecule has 0 amide bonds. The Morgan fingerprint density at radius 2 is 1.78 bits per heavy atom. The molecule has 0 aliphatic rings. The lowest BCUT2D eigenvalue weighted by Crippen LogP contribution is -2.21. The number of nitrogens with zero attached hydrogens (tertiary/aromatic N) is 1. The highest BCUT2D eigenvalue weighted by Gasteiger charge is 2.14. The van der Waals surface area contributed by atoms with Crippen molar-refractivity contribution in [2.24, 2.45) is 0 Å². The second-order valence-electron chi connectivity index (χ2n) is 6.67. The molecule has 0 bridgehead atoms. The van der Waals surface area contributed by atoms with Gasteiger partial charge < -0.3 is 14.4 Å². The summed E-state index contributed by atoms with van der Waals surface area (Å²) in [6.45, 7) is 7.35. The summed E-state index contributed by atoms with van der Waals surface area (Å²) < 4.78 is 7.98. The predicted octanol–water partition coefficient (Wildman–Crippen LogP) is 4.31. The number of hydrogen-bond donors (Lipinski definition) is 1. The molecular formula is C19H21NO3. The lowest BCUT2D eigenvalue weighted by atomic mass is 10.1. The average molecular weight is 311 g/mol. The first kappa shape index (κ1) is 15.6. The Morgan fingerprint density at radius 3 is 2.48 bits per heavy atom. The molecule has 0 fully saturated rings. The number of fused-ring (bicyclic) bond motifs is 3. The van der Waals surface area contributed by atoms with Gasteiger partial charge in [0.05, 0.1) is 23.3 Å². The van der Waals surface area contributed by atoms with Crippen LogP contribution in [0.25, 0.3) is 21.8 Å². The van der Waals surface area contributed by atoms with E-state index in [9.17, 15) is 9.90 Å². The van der Waals surface area contributed by atoms with Gasteiger partial charge >= 0.3 is 5.97 Å². The minimum atomic E-state index is -0.908. The van der Waals surface area contributed by atoms with Crippen LogP contribution < -0.4 is 0 Å². The number of hydrogen-bond acceptors (Lipinski definition) is 2. The van der Waals surface area contributed by atoms with Gasteiger partial charge in [-0.25, -0.2) is 4.79 Å². The van der Waals surface area contributed by atoms with Crippen LogP contribution in [0.1, 0.15) is 31.1 Å². The lowest BCUT2D eigenvalue weighted by Gasteiger charge is -2.20. The van der Waals surface area contributed by atoms with Gasteiger partial charge in [0, 0.05) is 22.8 Å². The molecule has 0 aliphatic heterocycles. The van der Waals surface area contributed by atoms with Gasteiger partial charge in [-0.3, -0.25) is 0 Å². The smallest absolute Gasteiger partial charge is 0.335 e. The van der Waals surface area contributed by atoms with Crippen LogP contribution in [0.3, 0.4) is 0 Å². The van der Waals surface area contributed by atoms with Crippen LogP contribution in [0, 0.1) is 0 Å². The first-order chi connectivity index (χ1) is 10.9. The molecule has 0 atom stereocenters. The van der Waals surface area contributed by atoms with Crippen molar-refractivity contribution in [2.75, 3.05) is 6.61 Å². The average Bonchev–Trinajstić information content (AvgIpc) is 2.80. The van der Waals surface area contributed by atoms with Gasteiger partial charge in [0.15, 0.2) is 0 Å². The first-order valence-electron chi connectivity index (χ1n) is 7.75. The SMILES string of the molecule is CC(C)(C)OCCn1c2ccccc2c2ccc(C(=O)O)cc21. The Hall–Kier alpha value is -2.33. The van der Waals surface area contributed by atoms with Crippen molar-refractivity contribution < 1.29 is 14.6 Å². The molecule has 0 spiro atoms. The number of carbonyl (C=O) groups is 1. The third-order valence-electron chi connectivity index (χ3n) is 3.87. The summed E-state index contributed by atoms with van der Waals surface area (Å²) in [4.78, 5) is 11.3. The van der Waals surface area contributed by atoms with Crippen molar-refractivity contribution in [3.63, 3.8) is 0 Å². The number of carboxylic acid groups (broad SMARTS) is 1. The van der Waals surface area contributed by atoms with Crippen LogP contribution >= 0.6 is 0 Å². The van der Waals surface area contributed by atoms with Crippen molar-refractivity contribution >= 4 is 27.8 Å². The summed E-state index contributed by atoms with van der Waals surface area (Å²) in [5.74, 6) is -0.908. The standard InChI is InChI=1S/C19H21NO3/c1-19(2,3)23-11-10-20-16-7-5-4-6-14(16)15-9-8-13(18(21)22)12-17(15)20/h4-9,12H,10-11H2,1-3H3,(H,21,22). The Kier molecular flexibility index (Phi) is 3.86. The van der Waals surface area contributed by atoms with Crippen molar-refractivity contribution in [1.82, 2.24) is 4.57 Å². The van der Waals surface area contributed by atoms with Crippen LogP contribution in [0.5, 0.6) is 0 Å². The zero-order valence-corrected chi connectivity index (χ0v) is 13.7. The van der Waals surface area contributed by atoms with Crippen molar-refractivity contribution in [1.29, 1.82) is 0 Å². The molecule has 3 rings (SSSR count). The quantitative estimate of drug-likeness (QED) is 0.781. The van der Waals surface area contributed by atoms with Gasteiger partial charge in [-0.1, -0.05) is 24.3 Å². The number of benzene rings is 2. The van der Waals surface area contributed by atoms with E-state index in [-0.39, 0.29) is 5.60 Å². The largest absolute Gasteiger partial charge is 0.478 e.